The van der Waals surface area contributed by atoms with Crippen molar-refractivity contribution in [2.45, 2.75) is 0 Å². The Morgan fingerprint density at radius 2 is 1.20 bits per heavy atom. The summed E-state index contributed by atoms with van der Waals surface area (Å²) < 4.78 is 8.73. The van der Waals surface area contributed by atoms with Crippen LogP contribution in [0.15, 0.2) is 162 Å². The summed E-state index contributed by atoms with van der Waals surface area (Å²) in [5.41, 5.74) is 12.2. The molecule has 0 bridgehead atoms. The maximum Gasteiger partial charge on any atom is 0.137 e. The van der Waals surface area contributed by atoms with Crippen molar-refractivity contribution in [2.24, 2.45) is 0 Å². The van der Waals surface area contributed by atoms with Crippen LogP contribution in [0.25, 0.3) is 82.8 Å². The summed E-state index contributed by atoms with van der Waals surface area (Å²) in [6, 6.07) is 51.6. The van der Waals surface area contributed by atoms with Gasteiger partial charge in [0.1, 0.15) is 11.2 Å². The van der Waals surface area contributed by atoms with Gasteiger partial charge in [-0.2, -0.15) is 0 Å². The summed E-state index contributed by atoms with van der Waals surface area (Å²) in [7, 11) is 0. The molecule has 0 aliphatic heterocycles. The van der Waals surface area contributed by atoms with Gasteiger partial charge in [0, 0.05) is 34.1 Å². The predicted molar refractivity (Wildman–Crippen MR) is 182 cm³/mol. The fraction of sp³-hybridized carbons (Fsp3) is 0. The highest BCUT2D eigenvalue weighted by Crippen LogP contribution is 2.41. The van der Waals surface area contributed by atoms with E-state index in [0.717, 1.165) is 60.9 Å². The lowest BCUT2D eigenvalue weighted by molar-refractivity contribution is 0.669. The summed E-state index contributed by atoms with van der Waals surface area (Å²) in [6.45, 7) is 0. The van der Waals surface area contributed by atoms with E-state index in [1.54, 1.807) is 0 Å². The zero-order valence-electron chi connectivity index (χ0n) is 23.8. The Labute approximate surface area is 254 Å². The lowest BCUT2D eigenvalue weighted by atomic mass is 9.95. The molecule has 3 nitrogen and oxygen atoms in total. The molecule has 0 aliphatic carbocycles. The largest absolute Gasteiger partial charge is 0.456 e. The second-order valence-electron chi connectivity index (χ2n) is 11.2. The molecule has 0 fully saturated rings. The van der Waals surface area contributed by atoms with Crippen LogP contribution in [0.2, 0.25) is 0 Å². The molecule has 0 radical (unpaired) electrons. The molecule has 3 heterocycles. The van der Waals surface area contributed by atoms with Crippen LogP contribution in [0.1, 0.15) is 0 Å². The number of furan rings is 1. The first-order chi connectivity index (χ1) is 21.8. The SMILES string of the molecule is c1ccc(-c2ccc3c4cc(-c5ccncc5-c5ccccc5)ccc4n(-c4cccc5oc6ccccc6c45)c3c2)cc1. The monoisotopic (exact) mass is 562 g/mol. The van der Waals surface area contributed by atoms with E-state index in [1.165, 1.54) is 21.9 Å². The Morgan fingerprint density at radius 1 is 0.455 bits per heavy atom. The minimum absolute atomic E-state index is 0.888. The summed E-state index contributed by atoms with van der Waals surface area (Å²) in [5, 5.41) is 4.66. The van der Waals surface area contributed by atoms with Crippen molar-refractivity contribution in [2.75, 3.05) is 0 Å². The number of rotatable bonds is 4. The van der Waals surface area contributed by atoms with E-state index in [2.05, 4.69) is 137 Å². The van der Waals surface area contributed by atoms with Crippen molar-refractivity contribution in [1.82, 2.24) is 9.55 Å². The van der Waals surface area contributed by atoms with E-state index in [0.29, 0.717) is 0 Å². The smallest absolute Gasteiger partial charge is 0.137 e. The van der Waals surface area contributed by atoms with Gasteiger partial charge in [-0.25, -0.2) is 0 Å². The Hall–Kier alpha value is -5.93. The summed E-state index contributed by atoms with van der Waals surface area (Å²) in [4.78, 5) is 4.48. The molecule has 0 N–H and O–H groups in total. The van der Waals surface area contributed by atoms with Crippen molar-refractivity contribution in [3.05, 3.63) is 158 Å². The summed E-state index contributed by atoms with van der Waals surface area (Å²) >= 11 is 0. The number of aromatic nitrogens is 2. The molecule has 0 spiro atoms. The first kappa shape index (κ1) is 24.6. The van der Waals surface area contributed by atoms with Gasteiger partial charge < -0.3 is 8.98 Å². The van der Waals surface area contributed by atoms with E-state index in [9.17, 15) is 0 Å². The number of pyridine rings is 1. The molecule has 0 saturated heterocycles. The fourth-order valence-electron chi connectivity index (χ4n) is 6.69. The van der Waals surface area contributed by atoms with Gasteiger partial charge in [-0.05, 0) is 70.3 Å². The second kappa shape index (κ2) is 9.82. The van der Waals surface area contributed by atoms with Crippen LogP contribution in [-0.2, 0) is 0 Å². The fourth-order valence-corrected chi connectivity index (χ4v) is 6.69. The molecule has 206 valence electrons. The average molecular weight is 563 g/mol. The number of para-hydroxylation sites is 1. The topological polar surface area (TPSA) is 31.0 Å². The van der Waals surface area contributed by atoms with Crippen LogP contribution in [0.3, 0.4) is 0 Å². The van der Waals surface area contributed by atoms with Crippen LogP contribution >= 0.6 is 0 Å². The minimum atomic E-state index is 0.888. The number of benzene rings is 6. The number of fused-ring (bicyclic) bond motifs is 6. The van der Waals surface area contributed by atoms with Crippen LogP contribution in [-0.4, -0.2) is 9.55 Å². The van der Waals surface area contributed by atoms with E-state index in [-0.39, 0.29) is 0 Å². The first-order valence-corrected chi connectivity index (χ1v) is 14.9. The first-order valence-electron chi connectivity index (χ1n) is 14.9. The van der Waals surface area contributed by atoms with Gasteiger partial charge in [0.15, 0.2) is 0 Å². The molecule has 0 aliphatic rings. The number of hydrogen-bond donors (Lipinski definition) is 0. The van der Waals surface area contributed by atoms with Crippen molar-refractivity contribution >= 4 is 43.7 Å². The summed E-state index contributed by atoms with van der Waals surface area (Å²) in [6.07, 6.45) is 3.85. The van der Waals surface area contributed by atoms with Gasteiger partial charge in [-0.15, -0.1) is 0 Å². The molecule has 6 aromatic carbocycles. The summed E-state index contributed by atoms with van der Waals surface area (Å²) in [5.74, 6) is 0. The molecule has 9 rings (SSSR count). The Morgan fingerprint density at radius 3 is 2.07 bits per heavy atom. The van der Waals surface area contributed by atoms with Gasteiger partial charge in [0.25, 0.3) is 0 Å². The molecular formula is C41H26N2O. The van der Waals surface area contributed by atoms with Crippen molar-refractivity contribution < 1.29 is 4.42 Å². The molecule has 0 amide bonds. The maximum absolute atomic E-state index is 6.32. The zero-order valence-corrected chi connectivity index (χ0v) is 23.8. The predicted octanol–water partition coefficient (Wildman–Crippen LogP) is 11.1. The average Bonchev–Trinajstić information content (AvgIpc) is 3.64. The third-order valence-electron chi connectivity index (χ3n) is 8.71. The normalized spacial score (nSPS) is 11.6. The number of nitrogens with zero attached hydrogens (tertiary/aromatic N) is 2. The molecule has 0 atom stereocenters. The molecule has 3 heteroatoms. The van der Waals surface area contributed by atoms with E-state index < -0.39 is 0 Å². The lowest BCUT2D eigenvalue weighted by Crippen LogP contribution is -1.95. The molecule has 0 unspecified atom stereocenters. The van der Waals surface area contributed by atoms with Gasteiger partial charge in [0.05, 0.1) is 22.1 Å². The Kier molecular flexibility index (Phi) is 5.50. The van der Waals surface area contributed by atoms with Gasteiger partial charge >= 0.3 is 0 Å². The molecule has 3 aromatic heterocycles. The van der Waals surface area contributed by atoms with Crippen LogP contribution < -0.4 is 0 Å². The van der Waals surface area contributed by atoms with Gasteiger partial charge in [-0.3, -0.25) is 4.98 Å². The van der Waals surface area contributed by atoms with Crippen LogP contribution in [0.4, 0.5) is 0 Å². The third kappa shape index (κ3) is 3.80. The molecule has 0 saturated carbocycles. The Bertz CT molecular complexity index is 2490. The third-order valence-corrected chi connectivity index (χ3v) is 8.71. The highest BCUT2D eigenvalue weighted by atomic mass is 16.3. The van der Waals surface area contributed by atoms with Crippen molar-refractivity contribution in [3.8, 4) is 39.1 Å². The van der Waals surface area contributed by atoms with Crippen molar-refractivity contribution in [3.63, 3.8) is 0 Å². The number of hydrogen-bond acceptors (Lipinski definition) is 2. The highest BCUT2D eigenvalue weighted by molar-refractivity contribution is 6.15. The van der Waals surface area contributed by atoms with Crippen LogP contribution in [0, 0.1) is 0 Å². The highest BCUT2D eigenvalue weighted by Gasteiger charge is 2.19. The second-order valence-corrected chi connectivity index (χ2v) is 11.2. The van der Waals surface area contributed by atoms with E-state index in [4.69, 9.17) is 4.42 Å². The van der Waals surface area contributed by atoms with Gasteiger partial charge in [0.2, 0.25) is 0 Å². The zero-order chi connectivity index (χ0) is 29.0. The quantitative estimate of drug-likeness (QED) is 0.214. The van der Waals surface area contributed by atoms with E-state index >= 15 is 0 Å². The lowest BCUT2D eigenvalue weighted by Gasteiger charge is -2.12. The van der Waals surface area contributed by atoms with Gasteiger partial charge in [-0.1, -0.05) is 103 Å². The van der Waals surface area contributed by atoms with E-state index in [1.807, 2.05) is 30.6 Å². The Balaban J connectivity index is 1.36. The molecule has 9 aromatic rings. The standard InChI is InChI=1S/C41H26N2O/c1-3-10-27(11-4-1)29-18-20-32-34-24-30(31-22-23-42-26-35(31)28-12-5-2-6-13-28)19-21-36(34)43(38(32)25-29)37-15-9-17-40-41(37)33-14-7-8-16-39(33)44-40/h1-26H. The van der Waals surface area contributed by atoms with Crippen molar-refractivity contribution in [1.29, 1.82) is 0 Å². The minimum Gasteiger partial charge on any atom is -0.456 e. The molecular weight excluding hydrogens is 536 g/mol. The maximum atomic E-state index is 6.32. The molecule has 44 heavy (non-hydrogen) atoms. The van der Waals surface area contributed by atoms with Crippen LogP contribution in [0.5, 0.6) is 0 Å².